The minimum Gasteiger partial charge on any atom is -0.464 e. The van der Waals surface area contributed by atoms with Gasteiger partial charge in [0, 0.05) is 66.2 Å². The number of hydrogen-bond donors (Lipinski definition) is 2. The number of aromatic nitrogens is 2. The van der Waals surface area contributed by atoms with Crippen LogP contribution in [0.5, 0.6) is 0 Å². The topological polar surface area (TPSA) is 135 Å². The van der Waals surface area contributed by atoms with Gasteiger partial charge >= 0.3 is 5.97 Å². The van der Waals surface area contributed by atoms with E-state index in [0.717, 1.165) is 33.4 Å². The lowest BCUT2D eigenvalue weighted by molar-refractivity contribution is -0.155. The first-order valence-electron chi connectivity index (χ1n) is 22.6. The number of cyclic esters (lactones) is 1. The molecular weight excluding hydrogens is 819 g/mol. The molecule has 7 rings (SSSR count). The third-order valence-electron chi connectivity index (χ3n) is 12.8. The number of esters is 1. The van der Waals surface area contributed by atoms with Crippen LogP contribution in [0.3, 0.4) is 0 Å². The molecule has 12 nitrogen and oxygen atoms in total. The fourth-order valence-electron chi connectivity index (χ4n) is 9.20. The Labute approximate surface area is 374 Å². The van der Waals surface area contributed by atoms with Crippen molar-refractivity contribution < 1.29 is 37.4 Å². The maximum Gasteiger partial charge on any atom is 0.324 e. The Kier molecular flexibility index (Phi) is 14.0. The zero-order chi connectivity index (χ0) is 46.0. The summed E-state index contributed by atoms with van der Waals surface area (Å²) in [6, 6.07) is 12.8. The van der Waals surface area contributed by atoms with Gasteiger partial charge in [-0.1, -0.05) is 66.3 Å². The highest BCUT2D eigenvalue weighted by atomic mass is 19.3. The molecule has 64 heavy (non-hydrogen) atoms. The van der Waals surface area contributed by atoms with E-state index in [9.17, 15) is 28.0 Å². The van der Waals surface area contributed by atoms with E-state index in [-0.39, 0.29) is 55.6 Å². The summed E-state index contributed by atoms with van der Waals surface area (Å²) >= 11 is 0. The number of halogens is 2. The predicted octanol–water partition coefficient (Wildman–Crippen LogP) is 7.79. The molecule has 3 aliphatic heterocycles. The highest BCUT2D eigenvalue weighted by Crippen LogP contribution is 2.42. The number of nitrogens with zero attached hydrogens (tertiary/aromatic N) is 4. The minimum absolute atomic E-state index is 0.0495. The molecular formula is C50H62F2N6O6. The number of hydrazine groups is 1. The summed E-state index contributed by atoms with van der Waals surface area (Å²) in [6.45, 7) is 19.6. The molecule has 4 aromatic rings. The van der Waals surface area contributed by atoms with E-state index in [1.807, 2.05) is 44.3 Å². The lowest BCUT2D eigenvalue weighted by atomic mass is 9.83. The molecule has 0 unspecified atom stereocenters. The lowest BCUT2D eigenvalue weighted by Crippen LogP contribution is -2.61. The average molecular weight is 881 g/mol. The first-order valence-corrected chi connectivity index (χ1v) is 22.6. The van der Waals surface area contributed by atoms with E-state index >= 15 is 0 Å². The summed E-state index contributed by atoms with van der Waals surface area (Å²) in [7, 11) is 0. The molecule has 5 heterocycles. The third-order valence-corrected chi connectivity index (χ3v) is 12.8. The number of amides is 3. The van der Waals surface area contributed by atoms with Crippen molar-refractivity contribution in [2.75, 3.05) is 32.8 Å². The van der Waals surface area contributed by atoms with Crippen LogP contribution >= 0.6 is 0 Å². The number of alkyl halides is 2. The van der Waals surface area contributed by atoms with Gasteiger partial charge in [-0.25, -0.2) is 14.2 Å². The number of carbonyl (C=O) groups excluding carboxylic acids is 4. The SMILES string of the molecule is C=CC(=O)N1CC(OC[C@H](C(=O)N[C@H]2Cc3cc(cc(C(F)F)c3)-c3ccc4c(c3)c(c(-c3cccnc3C(C)C)n4CC)CC(C)(C)COC(=O)[C@@H]3CCCN(N3)C2=O)C(C)C)C1. The Morgan fingerprint density at radius 3 is 2.53 bits per heavy atom. The molecule has 3 atom stereocenters. The number of likely N-dealkylation sites (tertiary alicyclic amines) is 1. The van der Waals surface area contributed by atoms with Crippen LogP contribution in [0.15, 0.2) is 67.4 Å². The van der Waals surface area contributed by atoms with Gasteiger partial charge in [0.2, 0.25) is 11.8 Å². The number of ether oxygens (including phenoxy) is 2. The number of fused-ring (bicyclic) bond motifs is 6. The van der Waals surface area contributed by atoms with Crippen molar-refractivity contribution in [1.29, 1.82) is 0 Å². The number of rotatable bonds is 11. The number of pyridine rings is 1. The van der Waals surface area contributed by atoms with E-state index in [1.54, 1.807) is 4.90 Å². The number of carbonyl (C=O) groups is 4. The Bertz CT molecular complexity index is 2400. The van der Waals surface area contributed by atoms with Crippen LogP contribution < -0.4 is 10.7 Å². The summed E-state index contributed by atoms with van der Waals surface area (Å²) < 4.78 is 44.2. The number of hydrogen-bond acceptors (Lipinski definition) is 8. The van der Waals surface area contributed by atoms with Gasteiger partial charge in [0.25, 0.3) is 12.3 Å². The van der Waals surface area contributed by atoms with Gasteiger partial charge in [0.05, 0.1) is 36.6 Å². The van der Waals surface area contributed by atoms with Crippen LogP contribution in [0.1, 0.15) is 96.0 Å². The summed E-state index contributed by atoms with van der Waals surface area (Å²) in [5.74, 6) is -2.35. The molecule has 2 N–H and O–H groups in total. The van der Waals surface area contributed by atoms with E-state index in [1.165, 1.54) is 23.2 Å². The Morgan fingerprint density at radius 2 is 1.84 bits per heavy atom. The Morgan fingerprint density at radius 1 is 1.08 bits per heavy atom. The summed E-state index contributed by atoms with van der Waals surface area (Å²) in [5.41, 5.74) is 9.03. The van der Waals surface area contributed by atoms with Crippen LogP contribution in [-0.2, 0) is 48.0 Å². The average Bonchev–Trinajstić information content (AvgIpc) is 3.56. The van der Waals surface area contributed by atoms with Crippen molar-refractivity contribution >= 4 is 34.6 Å². The predicted molar refractivity (Wildman–Crippen MR) is 242 cm³/mol. The first kappa shape index (κ1) is 46.5. The molecule has 2 saturated heterocycles. The number of aryl methyl sites for hydroxylation is 1. The second-order valence-electron chi connectivity index (χ2n) is 18.9. The standard InChI is InChI=1S/C50H62F2N6O6/c1-9-43(59)56-25-35(26-56)63-27-39(29(3)4)47(60)54-41-21-31-19-33(22-34(20-31)46(51)52)32-15-16-42-37(23-32)38(45(57(42)10-2)36-13-11-17-53-44(36)30(5)6)24-50(7,8)28-64-49(62)40-14-12-18-58(55-40)48(41)61/h9,11,13,15-17,19-20,22-23,29-30,35,39-41,46,55H,1,10,12,14,18,21,24-28H2,2-8H3,(H,54,60)/t39-,40-,41-/m0/s1. The van der Waals surface area contributed by atoms with Gasteiger partial charge in [-0.3, -0.25) is 29.2 Å². The number of benzene rings is 2. The molecule has 3 amide bonds. The van der Waals surface area contributed by atoms with Crippen molar-refractivity contribution in [2.24, 2.45) is 17.3 Å². The second-order valence-corrected chi connectivity index (χ2v) is 18.9. The molecule has 0 aliphatic carbocycles. The molecule has 2 aromatic heterocycles. The van der Waals surface area contributed by atoms with Gasteiger partial charge in [-0.15, -0.1) is 0 Å². The molecule has 0 radical (unpaired) electrons. The van der Waals surface area contributed by atoms with Gasteiger partial charge in [0.15, 0.2) is 0 Å². The molecule has 14 heteroatoms. The van der Waals surface area contributed by atoms with Gasteiger partial charge in [0.1, 0.15) is 12.1 Å². The fourth-order valence-corrected chi connectivity index (χ4v) is 9.20. The first-order chi connectivity index (χ1) is 30.5. The maximum absolute atomic E-state index is 14.9. The van der Waals surface area contributed by atoms with Crippen LogP contribution in [0, 0.1) is 17.3 Å². The zero-order valence-corrected chi connectivity index (χ0v) is 38.1. The fraction of sp³-hybridized carbons (Fsp3) is 0.500. The summed E-state index contributed by atoms with van der Waals surface area (Å²) in [4.78, 5) is 61.1. The lowest BCUT2D eigenvalue weighted by Gasteiger charge is -2.39. The Balaban J connectivity index is 1.32. The monoisotopic (exact) mass is 880 g/mol. The molecule has 6 bridgehead atoms. The normalized spacial score (nSPS) is 20.0. The van der Waals surface area contributed by atoms with Crippen LogP contribution in [0.2, 0.25) is 0 Å². The van der Waals surface area contributed by atoms with Gasteiger partial charge in [-0.05, 0) is 96.7 Å². The number of nitrogens with one attached hydrogen (secondary N) is 2. The van der Waals surface area contributed by atoms with Gasteiger partial charge in [-0.2, -0.15) is 0 Å². The van der Waals surface area contributed by atoms with Crippen molar-refractivity contribution in [3.63, 3.8) is 0 Å². The van der Waals surface area contributed by atoms with Crippen LogP contribution in [-0.4, -0.2) is 94.2 Å². The minimum atomic E-state index is -2.81. The van der Waals surface area contributed by atoms with Crippen molar-refractivity contribution in [2.45, 2.75) is 111 Å². The molecule has 342 valence electrons. The molecule has 0 spiro atoms. The maximum atomic E-state index is 14.9. The van der Waals surface area contributed by atoms with Crippen molar-refractivity contribution in [3.05, 3.63) is 89.8 Å². The van der Waals surface area contributed by atoms with E-state index < -0.39 is 47.6 Å². The smallest absolute Gasteiger partial charge is 0.324 e. The van der Waals surface area contributed by atoms with E-state index in [4.69, 9.17) is 14.5 Å². The second kappa shape index (κ2) is 19.3. The largest absolute Gasteiger partial charge is 0.464 e. The van der Waals surface area contributed by atoms with Crippen molar-refractivity contribution in [1.82, 2.24) is 30.2 Å². The third kappa shape index (κ3) is 9.92. The van der Waals surface area contributed by atoms with Crippen molar-refractivity contribution in [3.8, 4) is 22.4 Å². The molecule has 2 aromatic carbocycles. The molecule has 2 fully saturated rings. The van der Waals surface area contributed by atoms with Gasteiger partial charge < -0.3 is 24.3 Å². The molecule has 0 saturated carbocycles. The highest BCUT2D eigenvalue weighted by molar-refractivity contribution is 5.96. The van der Waals surface area contributed by atoms with E-state index in [2.05, 4.69) is 68.6 Å². The van der Waals surface area contributed by atoms with Crippen LogP contribution in [0.4, 0.5) is 8.78 Å². The summed E-state index contributed by atoms with van der Waals surface area (Å²) in [5, 5.41) is 5.28. The Hall–Kier alpha value is -5.47. The quantitative estimate of drug-likeness (QED) is 0.115. The summed E-state index contributed by atoms with van der Waals surface area (Å²) in [6.07, 6.45) is 1.34. The molecule has 3 aliphatic rings. The highest BCUT2D eigenvalue weighted by Gasteiger charge is 2.38. The van der Waals surface area contributed by atoms with E-state index in [0.29, 0.717) is 55.6 Å². The van der Waals surface area contributed by atoms with Crippen LogP contribution in [0.25, 0.3) is 33.3 Å². The zero-order valence-electron chi connectivity index (χ0n) is 38.1.